The second-order valence-corrected chi connectivity index (χ2v) is 12.4. The monoisotopic (exact) mass is 568 g/mol. The largest absolute Gasteiger partial charge is 0.344 e. The predicted molar refractivity (Wildman–Crippen MR) is 183 cm³/mol. The highest BCUT2D eigenvalue weighted by Gasteiger charge is 2.22. The Labute approximate surface area is 257 Å². The van der Waals surface area contributed by atoms with E-state index >= 15 is 0 Å². The van der Waals surface area contributed by atoms with E-state index < -0.39 is 0 Å². The summed E-state index contributed by atoms with van der Waals surface area (Å²) in [5, 5.41) is 0. The van der Waals surface area contributed by atoms with Gasteiger partial charge < -0.3 is 4.90 Å². The van der Waals surface area contributed by atoms with E-state index in [9.17, 15) is 0 Å². The lowest BCUT2D eigenvalue weighted by Gasteiger charge is -2.28. The van der Waals surface area contributed by atoms with Gasteiger partial charge in [-0.15, -0.1) is 0 Å². The van der Waals surface area contributed by atoms with E-state index in [-0.39, 0.29) is 0 Å². The molecule has 0 aliphatic heterocycles. The van der Waals surface area contributed by atoms with E-state index in [0.717, 1.165) is 28.5 Å². The topological polar surface area (TPSA) is 41.9 Å². The van der Waals surface area contributed by atoms with E-state index in [1.165, 1.54) is 78.0 Å². The molecule has 4 heteroatoms. The molecular weight excluding hydrogens is 524 g/mol. The zero-order valence-corrected chi connectivity index (χ0v) is 27.9. The lowest BCUT2D eigenvalue weighted by atomic mass is 9.89. The number of aryl methyl sites for hydroxylation is 5. The Morgan fingerprint density at radius 2 is 0.977 bits per heavy atom. The van der Waals surface area contributed by atoms with Crippen LogP contribution in [0.2, 0.25) is 0 Å². The van der Waals surface area contributed by atoms with Crippen molar-refractivity contribution in [3.63, 3.8) is 0 Å². The first-order valence-electron chi connectivity index (χ1n) is 15.1. The van der Waals surface area contributed by atoms with Gasteiger partial charge in [-0.05, 0) is 155 Å². The Morgan fingerprint density at radius 3 is 1.49 bits per heavy atom. The number of benzene rings is 4. The van der Waals surface area contributed by atoms with E-state index in [2.05, 4.69) is 141 Å². The fourth-order valence-electron chi connectivity index (χ4n) is 6.83. The molecule has 5 rings (SSSR count). The average molecular weight is 569 g/mol. The molecular formula is C39H44N4. The van der Waals surface area contributed by atoms with E-state index in [4.69, 9.17) is 4.98 Å². The third-order valence-corrected chi connectivity index (χ3v) is 9.53. The molecule has 5 aromatic rings. The molecule has 4 nitrogen and oxygen atoms in total. The van der Waals surface area contributed by atoms with Crippen molar-refractivity contribution in [2.75, 3.05) is 11.9 Å². The van der Waals surface area contributed by atoms with Crippen LogP contribution in [0.1, 0.15) is 61.2 Å². The first-order valence-corrected chi connectivity index (χ1v) is 15.1. The lowest BCUT2D eigenvalue weighted by Crippen LogP contribution is -2.15. The van der Waals surface area contributed by atoms with Crippen LogP contribution in [0.15, 0.2) is 48.8 Å². The van der Waals surface area contributed by atoms with Crippen LogP contribution in [0, 0.1) is 76.2 Å². The van der Waals surface area contributed by atoms with Gasteiger partial charge in [-0.1, -0.05) is 35.9 Å². The fraction of sp³-hybridized carbons (Fsp3) is 0.308. The molecule has 4 aromatic carbocycles. The van der Waals surface area contributed by atoms with Gasteiger partial charge >= 0.3 is 0 Å². The summed E-state index contributed by atoms with van der Waals surface area (Å²) in [7, 11) is 2.17. The van der Waals surface area contributed by atoms with Crippen LogP contribution >= 0.6 is 0 Å². The zero-order chi connectivity index (χ0) is 31.3. The molecule has 0 amide bonds. The summed E-state index contributed by atoms with van der Waals surface area (Å²) in [6.45, 7) is 24.1. The Hall–Kier alpha value is -4.31. The molecule has 0 unspecified atom stereocenters. The van der Waals surface area contributed by atoms with Gasteiger partial charge in [0.05, 0.1) is 0 Å². The van der Waals surface area contributed by atoms with Gasteiger partial charge in [-0.3, -0.25) is 0 Å². The van der Waals surface area contributed by atoms with Crippen LogP contribution in [0.3, 0.4) is 0 Å². The second-order valence-electron chi connectivity index (χ2n) is 12.4. The van der Waals surface area contributed by atoms with Crippen molar-refractivity contribution in [1.82, 2.24) is 15.0 Å². The van der Waals surface area contributed by atoms with E-state index in [1.807, 2.05) is 0 Å². The Kier molecular flexibility index (Phi) is 8.00. The van der Waals surface area contributed by atoms with Crippen molar-refractivity contribution in [1.29, 1.82) is 0 Å². The molecule has 0 radical (unpaired) electrons. The molecule has 43 heavy (non-hydrogen) atoms. The molecule has 0 aliphatic carbocycles. The number of hydrogen-bond donors (Lipinski definition) is 0. The number of nitrogens with zero attached hydrogens (tertiary/aromatic N) is 4. The molecule has 0 spiro atoms. The summed E-state index contributed by atoms with van der Waals surface area (Å²) in [6.07, 6.45) is 1.65. The van der Waals surface area contributed by atoms with E-state index in [0.29, 0.717) is 0 Å². The summed E-state index contributed by atoms with van der Waals surface area (Å²) in [5.74, 6) is 1.45. The summed E-state index contributed by atoms with van der Waals surface area (Å²) < 4.78 is 0. The molecule has 220 valence electrons. The van der Waals surface area contributed by atoms with Crippen LogP contribution in [0.5, 0.6) is 0 Å². The molecule has 0 N–H and O–H groups in total. The maximum Gasteiger partial charge on any atom is 0.163 e. The van der Waals surface area contributed by atoms with Crippen molar-refractivity contribution in [3.8, 4) is 33.9 Å². The van der Waals surface area contributed by atoms with Gasteiger partial charge in [-0.2, -0.15) is 0 Å². The Bertz CT molecular complexity index is 1800. The Balaban J connectivity index is 1.56. The van der Waals surface area contributed by atoms with Crippen LogP contribution in [-0.2, 0) is 0 Å². The molecule has 0 aliphatic rings. The highest BCUT2D eigenvalue weighted by atomic mass is 15.1. The first-order chi connectivity index (χ1) is 20.3. The second kappa shape index (κ2) is 11.4. The van der Waals surface area contributed by atoms with Gasteiger partial charge in [0.15, 0.2) is 11.6 Å². The van der Waals surface area contributed by atoms with Gasteiger partial charge in [-0.25, -0.2) is 15.0 Å². The molecule has 0 atom stereocenters. The maximum absolute atomic E-state index is 5.03. The lowest BCUT2D eigenvalue weighted by molar-refractivity contribution is 1.04. The van der Waals surface area contributed by atoms with Gasteiger partial charge in [0.25, 0.3) is 0 Å². The normalized spacial score (nSPS) is 11.3. The molecule has 0 fully saturated rings. The average Bonchev–Trinajstić information content (AvgIpc) is 2.95. The third kappa shape index (κ3) is 5.24. The third-order valence-electron chi connectivity index (χ3n) is 9.53. The number of anilines is 2. The number of hydrogen-bond acceptors (Lipinski definition) is 4. The quantitative estimate of drug-likeness (QED) is 0.212. The summed E-state index contributed by atoms with van der Waals surface area (Å²) in [5.41, 5.74) is 21.0. The SMILES string of the molecule is Cc1cc(C)c(-c2ncnc(-c3c(C)c(C)c(N(C)c4ccc(-c5c(C)c(C)cc(C)c5C)cc4)c(C)c3C)n2)c(C)c1. The van der Waals surface area contributed by atoms with Crippen LogP contribution in [0.4, 0.5) is 11.4 Å². The minimum Gasteiger partial charge on any atom is -0.344 e. The fourth-order valence-corrected chi connectivity index (χ4v) is 6.83. The standard InChI is InChI=1S/C39H44N4/c1-21-17-24(4)34(25(5)18-21)38-40-20-41-39(42-38)36-28(8)30(10)37(31(11)29(36)9)43(12)33-15-13-32(14-16-33)35-26(6)22(2)19-23(3)27(35)7/h13-20H,1-12H3. The molecule has 1 aromatic heterocycles. The summed E-state index contributed by atoms with van der Waals surface area (Å²) in [6, 6.07) is 15.7. The number of aromatic nitrogens is 3. The zero-order valence-electron chi connectivity index (χ0n) is 27.9. The van der Waals surface area contributed by atoms with Crippen molar-refractivity contribution < 1.29 is 0 Å². The molecule has 0 saturated heterocycles. The minimum atomic E-state index is 0.725. The van der Waals surface area contributed by atoms with Crippen LogP contribution in [-0.4, -0.2) is 22.0 Å². The first kappa shape index (κ1) is 30.2. The summed E-state index contributed by atoms with van der Waals surface area (Å²) in [4.78, 5) is 16.6. The van der Waals surface area contributed by atoms with Crippen molar-refractivity contribution in [2.24, 2.45) is 0 Å². The molecule has 0 bridgehead atoms. The maximum atomic E-state index is 5.03. The highest BCUT2D eigenvalue weighted by molar-refractivity contribution is 5.81. The highest BCUT2D eigenvalue weighted by Crippen LogP contribution is 2.41. The smallest absolute Gasteiger partial charge is 0.163 e. The van der Waals surface area contributed by atoms with E-state index in [1.54, 1.807) is 6.33 Å². The van der Waals surface area contributed by atoms with Gasteiger partial charge in [0.2, 0.25) is 0 Å². The van der Waals surface area contributed by atoms with Crippen LogP contribution < -0.4 is 4.90 Å². The number of rotatable bonds is 5. The van der Waals surface area contributed by atoms with Crippen LogP contribution in [0.25, 0.3) is 33.9 Å². The van der Waals surface area contributed by atoms with Gasteiger partial charge in [0.1, 0.15) is 6.33 Å². The molecule has 0 saturated carbocycles. The van der Waals surface area contributed by atoms with Crippen molar-refractivity contribution >= 4 is 11.4 Å². The Morgan fingerprint density at radius 1 is 0.488 bits per heavy atom. The predicted octanol–water partition coefficient (Wildman–Crippen LogP) is 10.0. The molecule has 1 heterocycles. The summed E-state index contributed by atoms with van der Waals surface area (Å²) >= 11 is 0. The van der Waals surface area contributed by atoms with Crippen molar-refractivity contribution in [3.05, 3.63) is 110 Å². The van der Waals surface area contributed by atoms with Crippen molar-refractivity contribution in [2.45, 2.75) is 76.2 Å². The minimum absolute atomic E-state index is 0.725. The van der Waals surface area contributed by atoms with Gasteiger partial charge in [0, 0.05) is 29.5 Å².